The van der Waals surface area contributed by atoms with Crippen LogP contribution in [0.4, 0.5) is 5.69 Å². The van der Waals surface area contributed by atoms with Crippen LogP contribution in [0.5, 0.6) is 5.75 Å². The smallest absolute Gasteiger partial charge is 0.278 e. The van der Waals surface area contributed by atoms with Crippen LogP contribution in [0.1, 0.15) is 52.6 Å². The number of nitrogens with zero attached hydrogens (tertiary/aromatic N) is 4. The van der Waals surface area contributed by atoms with E-state index in [1.165, 1.54) is 0 Å². The normalized spacial score (nSPS) is 11.1. The maximum atomic E-state index is 12.8. The standard InChI is InChI=1S/C26H29N5O3/c1-15(2)33-22-9-7-20(8-10-22)26-28-23(19(6)34-26)14-31-18(5)24(29-30-31)25(32)27-21-12-16(3)11-17(4)13-21/h7-13,15H,14H2,1-6H3,(H,27,32). The lowest BCUT2D eigenvalue weighted by molar-refractivity contribution is 0.102. The number of benzene rings is 2. The first-order chi connectivity index (χ1) is 16.2. The van der Waals surface area contributed by atoms with Crippen LogP contribution in [-0.4, -0.2) is 32.0 Å². The Labute approximate surface area is 199 Å². The molecular weight excluding hydrogens is 430 g/mol. The molecule has 0 aliphatic carbocycles. The first kappa shape index (κ1) is 23.2. The lowest BCUT2D eigenvalue weighted by atomic mass is 10.1. The predicted octanol–water partition coefficient (Wildman–Crippen LogP) is 5.25. The van der Waals surface area contributed by atoms with E-state index in [1.54, 1.807) is 4.68 Å². The third kappa shape index (κ3) is 5.17. The molecule has 1 amide bonds. The Balaban J connectivity index is 1.49. The van der Waals surface area contributed by atoms with Gasteiger partial charge in [-0.25, -0.2) is 9.67 Å². The molecule has 2 heterocycles. The van der Waals surface area contributed by atoms with Gasteiger partial charge < -0.3 is 14.5 Å². The third-order valence-corrected chi connectivity index (χ3v) is 5.34. The van der Waals surface area contributed by atoms with E-state index in [4.69, 9.17) is 9.15 Å². The second-order valence-corrected chi connectivity index (χ2v) is 8.72. The van der Waals surface area contributed by atoms with Gasteiger partial charge in [0.15, 0.2) is 5.69 Å². The summed E-state index contributed by atoms with van der Waals surface area (Å²) >= 11 is 0. The van der Waals surface area contributed by atoms with Crippen LogP contribution in [-0.2, 0) is 6.54 Å². The van der Waals surface area contributed by atoms with Crippen molar-refractivity contribution in [2.45, 2.75) is 54.2 Å². The van der Waals surface area contributed by atoms with E-state index in [1.807, 2.05) is 77.9 Å². The minimum atomic E-state index is -0.296. The van der Waals surface area contributed by atoms with Crippen LogP contribution in [0.2, 0.25) is 0 Å². The minimum Gasteiger partial charge on any atom is -0.491 e. The van der Waals surface area contributed by atoms with Crippen molar-refractivity contribution >= 4 is 11.6 Å². The van der Waals surface area contributed by atoms with Gasteiger partial charge in [0, 0.05) is 11.3 Å². The summed E-state index contributed by atoms with van der Waals surface area (Å²) < 4.78 is 13.2. The van der Waals surface area contributed by atoms with Crippen molar-refractivity contribution < 1.29 is 13.9 Å². The van der Waals surface area contributed by atoms with Crippen molar-refractivity contribution in [1.29, 1.82) is 0 Å². The highest BCUT2D eigenvalue weighted by atomic mass is 16.5. The minimum absolute atomic E-state index is 0.111. The highest BCUT2D eigenvalue weighted by Gasteiger charge is 2.19. The molecule has 0 aliphatic heterocycles. The van der Waals surface area contributed by atoms with Gasteiger partial charge >= 0.3 is 0 Å². The Morgan fingerprint density at radius 2 is 1.74 bits per heavy atom. The molecule has 0 saturated heterocycles. The van der Waals surface area contributed by atoms with Crippen molar-refractivity contribution in [1.82, 2.24) is 20.0 Å². The predicted molar refractivity (Wildman–Crippen MR) is 130 cm³/mol. The number of nitrogens with one attached hydrogen (secondary N) is 1. The fourth-order valence-electron chi connectivity index (χ4n) is 3.75. The number of carbonyl (C=O) groups excluding carboxylic acids is 1. The van der Waals surface area contributed by atoms with E-state index in [0.29, 0.717) is 23.9 Å². The summed E-state index contributed by atoms with van der Waals surface area (Å²) in [4.78, 5) is 17.5. The fraction of sp³-hybridized carbons (Fsp3) is 0.308. The van der Waals surface area contributed by atoms with E-state index in [0.717, 1.165) is 33.8 Å². The third-order valence-electron chi connectivity index (χ3n) is 5.34. The van der Waals surface area contributed by atoms with Crippen molar-refractivity contribution in [3.8, 4) is 17.2 Å². The zero-order chi connectivity index (χ0) is 24.4. The Bertz CT molecular complexity index is 1300. The van der Waals surface area contributed by atoms with Crippen molar-refractivity contribution in [3.63, 3.8) is 0 Å². The lowest BCUT2D eigenvalue weighted by Gasteiger charge is -2.09. The molecule has 2 aromatic carbocycles. The number of anilines is 1. The molecule has 0 atom stereocenters. The number of rotatable bonds is 7. The van der Waals surface area contributed by atoms with Gasteiger partial charge in [-0.2, -0.15) is 0 Å². The summed E-state index contributed by atoms with van der Waals surface area (Å²) in [6.45, 7) is 12.0. The molecule has 0 saturated carbocycles. The SMILES string of the molecule is Cc1cc(C)cc(NC(=O)c2nnn(Cc3nc(-c4ccc(OC(C)C)cc4)oc3C)c2C)c1. The van der Waals surface area contributed by atoms with Gasteiger partial charge in [0.25, 0.3) is 5.91 Å². The zero-order valence-electron chi connectivity index (χ0n) is 20.3. The molecule has 8 nitrogen and oxygen atoms in total. The number of ether oxygens (including phenoxy) is 1. The second kappa shape index (κ2) is 9.51. The average Bonchev–Trinajstić information content (AvgIpc) is 3.30. The molecule has 176 valence electrons. The quantitative estimate of drug-likeness (QED) is 0.405. The fourth-order valence-corrected chi connectivity index (χ4v) is 3.75. The summed E-state index contributed by atoms with van der Waals surface area (Å²) in [5, 5.41) is 11.2. The molecule has 0 unspecified atom stereocenters. The Kier molecular flexibility index (Phi) is 6.49. The van der Waals surface area contributed by atoms with Gasteiger partial charge in [0.05, 0.1) is 18.3 Å². The summed E-state index contributed by atoms with van der Waals surface area (Å²) in [5.74, 6) is 1.71. The van der Waals surface area contributed by atoms with Crippen LogP contribution < -0.4 is 10.1 Å². The number of oxazole rings is 1. The van der Waals surface area contributed by atoms with Gasteiger partial charge in [-0.3, -0.25) is 4.79 Å². The first-order valence-corrected chi connectivity index (χ1v) is 11.2. The van der Waals surface area contributed by atoms with Crippen molar-refractivity contribution in [3.05, 3.63) is 76.4 Å². The van der Waals surface area contributed by atoms with Gasteiger partial charge in [0.1, 0.15) is 17.2 Å². The molecule has 0 bridgehead atoms. The van der Waals surface area contributed by atoms with Crippen LogP contribution in [0.15, 0.2) is 46.9 Å². The lowest BCUT2D eigenvalue weighted by Crippen LogP contribution is -2.14. The maximum absolute atomic E-state index is 12.8. The molecule has 2 aromatic heterocycles. The van der Waals surface area contributed by atoms with Crippen LogP contribution in [0.3, 0.4) is 0 Å². The van der Waals surface area contributed by atoms with Gasteiger partial charge in [-0.15, -0.1) is 5.10 Å². The molecule has 4 rings (SSSR count). The average molecular weight is 460 g/mol. The number of hydrogen-bond donors (Lipinski definition) is 1. The van der Waals surface area contributed by atoms with Crippen molar-refractivity contribution in [2.75, 3.05) is 5.32 Å². The topological polar surface area (TPSA) is 95.1 Å². The van der Waals surface area contributed by atoms with Gasteiger partial charge in [0.2, 0.25) is 5.89 Å². The molecule has 4 aromatic rings. The maximum Gasteiger partial charge on any atom is 0.278 e. The summed E-state index contributed by atoms with van der Waals surface area (Å²) in [6, 6.07) is 13.5. The Morgan fingerprint density at radius 3 is 2.38 bits per heavy atom. The number of aromatic nitrogens is 4. The molecular formula is C26H29N5O3. The van der Waals surface area contributed by atoms with E-state index in [-0.39, 0.29) is 17.7 Å². The highest BCUT2D eigenvalue weighted by Crippen LogP contribution is 2.25. The van der Waals surface area contributed by atoms with Gasteiger partial charge in [-0.05, 0) is 89.1 Å². The van der Waals surface area contributed by atoms with Gasteiger partial charge in [-0.1, -0.05) is 11.3 Å². The van der Waals surface area contributed by atoms with Crippen LogP contribution in [0, 0.1) is 27.7 Å². The summed E-state index contributed by atoms with van der Waals surface area (Å²) in [6.07, 6.45) is 0.111. The molecule has 0 radical (unpaired) electrons. The number of amides is 1. The second-order valence-electron chi connectivity index (χ2n) is 8.72. The molecule has 0 aliphatic rings. The van der Waals surface area contributed by atoms with Crippen molar-refractivity contribution in [2.24, 2.45) is 0 Å². The largest absolute Gasteiger partial charge is 0.491 e. The molecule has 0 spiro atoms. The first-order valence-electron chi connectivity index (χ1n) is 11.2. The number of carbonyl (C=O) groups is 1. The molecule has 34 heavy (non-hydrogen) atoms. The van der Waals surface area contributed by atoms with E-state index in [2.05, 4.69) is 26.7 Å². The zero-order valence-corrected chi connectivity index (χ0v) is 20.3. The number of hydrogen-bond acceptors (Lipinski definition) is 6. The Hall–Kier alpha value is -3.94. The van der Waals surface area contributed by atoms with E-state index < -0.39 is 0 Å². The summed E-state index contributed by atoms with van der Waals surface area (Å²) in [7, 11) is 0. The van der Waals surface area contributed by atoms with E-state index >= 15 is 0 Å². The van der Waals surface area contributed by atoms with Crippen LogP contribution >= 0.6 is 0 Å². The summed E-state index contributed by atoms with van der Waals surface area (Å²) in [5.41, 5.74) is 5.41. The molecule has 8 heteroatoms. The number of aryl methyl sites for hydroxylation is 3. The van der Waals surface area contributed by atoms with Crippen LogP contribution in [0.25, 0.3) is 11.5 Å². The molecule has 0 fully saturated rings. The highest BCUT2D eigenvalue weighted by molar-refractivity contribution is 6.03. The monoisotopic (exact) mass is 459 g/mol. The van der Waals surface area contributed by atoms with E-state index in [9.17, 15) is 4.79 Å². The molecule has 1 N–H and O–H groups in total. The Morgan fingerprint density at radius 1 is 1.06 bits per heavy atom.